The number of nitrogens with zero attached hydrogens (tertiary/aromatic N) is 3. The van der Waals surface area contributed by atoms with Gasteiger partial charge in [-0.25, -0.2) is 9.97 Å². The predicted octanol–water partition coefficient (Wildman–Crippen LogP) is 4.27. The molecule has 0 N–H and O–H groups in total. The third-order valence-corrected chi connectivity index (χ3v) is 4.23. The van der Waals surface area contributed by atoms with E-state index in [-0.39, 0.29) is 0 Å². The number of halogens is 1. The van der Waals surface area contributed by atoms with Gasteiger partial charge in [-0.3, -0.25) is 0 Å². The molecule has 0 bridgehead atoms. The Morgan fingerprint density at radius 3 is 2.68 bits per heavy atom. The fourth-order valence-corrected chi connectivity index (χ4v) is 2.99. The van der Waals surface area contributed by atoms with Gasteiger partial charge in [0.15, 0.2) is 0 Å². The molecule has 0 aliphatic heterocycles. The molecule has 1 aliphatic carbocycles. The number of hydrogen-bond acceptors (Lipinski definition) is 3. The average molecular weight is 282 g/mol. The molecule has 106 valence electrons. The lowest BCUT2D eigenvalue weighted by molar-refractivity contribution is 0.335. The van der Waals surface area contributed by atoms with Gasteiger partial charge in [-0.2, -0.15) is 0 Å². The first-order chi connectivity index (χ1) is 8.97. The Kier molecular flexibility index (Phi) is 4.67. The summed E-state index contributed by atoms with van der Waals surface area (Å²) in [6, 6.07) is 2.46. The Labute approximate surface area is 121 Å². The molecular weight excluding hydrogens is 258 g/mol. The molecule has 0 amide bonds. The first-order valence-electron chi connectivity index (χ1n) is 7.24. The van der Waals surface area contributed by atoms with Crippen molar-refractivity contribution in [3.05, 3.63) is 17.0 Å². The topological polar surface area (TPSA) is 29.0 Å². The summed E-state index contributed by atoms with van der Waals surface area (Å²) in [5.74, 6) is 2.90. The summed E-state index contributed by atoms with van der Waals surface area (Å²) < 4.78 is 0. The van der Waals surface area contributed by atoms with Gasteiger partial charge < -0.3 is 4.90 Å². The van der Waals surface area contributed by atoms with Gasteiger partial charge >= 0.3 is 0 Å². The fourth-order valence-electron chi connectivity index (χ4n) is 2.80. The van der Waals surface area contributed by atoms with Gasteiger partial charge in [0.2, 0.25) is 0 Å². The van der Waals surface area contributed by atoms with Crippen LogP contribution in [0.3, 0.4) is 0 Å². The second-order valence-corrected chi connectivity index (χ2v) is 6.49. The molecule has 1 heterocycles. The van der Waals surface area contributed by atoms with E-state index in [0.717, 1.165) is 17.6 Å². The molecule has 0 saturated heterocycles. The molecule has 1 aromatic heterocycles. The first kappa shape index (κ1) is 14.6. The van der Waals surface area contributed by atoms with Crippen molar-refractivity contribution in [1.29, 1.82) is 0 Å². The molecule has 1 saturated carbocycles. The summed E-state index contributed by atoms with van der Waals surface area (Å²) in [4.78, 5) is 11.3. The van der Waals surface area contributed by atoms with Crippen LogP contribution in [0.25, 0.3) is 0 Å². The highest BCUT2D eigenvalue weighted by molar-refractivity contribution is 6.29. The monoisotopic (exact) mass is 281 g/mol. The second-order valence-electron chi connectivity index (χ2n) is 6.10. The van der Waals surface area contributed by atoms with Crippen molar-refractivity contribution >= 4 is 17.4 Å². The Balaban J connectivity index is 2.20. The molecule has 4 heteroatoms. The molecule has 2 unspecified atom stereocenters. The van der Waals surface area contributed by atoms with E-state index in [9.17, 15) is 0 Å². The Morgan fingerprint density at radius 1 is 1.32 bits per heavy atom. The molecule has 1 aromatic rings. The van der Waals surface area contributed by atoms with Crippen LogP contribution in [0.4, 0.5) is 5.82 Å². The molecule has 1 aliphatic rings. The third-order valence-electron chi connectivity index (χ3n) is 4.03. The number of hydrogen-bond donors (Lipinski definition) is 0. The summed E-state index contributed by atoms with van der Waals surface area (Å²) in [5, 5.41) is 0.546. The second kappa shape index (κ2) is 6.08. The van der Waals surface area contributed by atoms with Gasteiger partial charge in [-0.05, 0) is 18.8 Å². The molecule has 3 nitrogen and oxygen atoms in total. The zero-order valence-corrected chi connectivity index (χ0v) is 13.1. The third kappa shape index (κ3) is 3.59. The van der Waals surface area contributed by atoms with Crippen LogP contribution in [-0.4, -0.2) is 23.1 Å². The van der Waals surface area contributed by atoms with E-state index in [0.29, 0.717) is 17.1 Å². The minimum Gasteiger partial charge on any atom is -0.357 e. The molecule has 2 rings (SSSR count). The van der Waals surface area contributed by atoms with Crippen LogP contribution in [-0.2, 0) is 0 Å². The molecule has 1 fully saturated rings. The highest BCUT2D eigenvalue weighted by Crippen LogP contribution is 2.30. The molecule has 0 radical (unpaired) electrons. The smallest absolute Gasteiger partial charge is 0.135 e. The van der Waals surface area contributed by atoms with Crippen LogP contribution in [0.1, 0.15) is 58.2 Å². The van der Waals surface area contributed by atoms with Crippen molar-refractivity contribution in [2.24, 2.45) is 5.92 Å². The van der Waals surface area contributed by atoms with Crippen LogP contribution in [0, 0.1) is 5.92 Å². The van der Waals surface area contributed by atoms with E-state index < -0.39 is 0 Å². The molecule has 0 spiro atoms. The van der Waals surface area contributed by atoms with Crippen molar-refractivity contribution < 1.29 is 0 Å². The molecular formula is C15H24ClN3. The minimum absolute atomic E-state index is 0.302. The largest absolute Gasteiger partial charge is 0.357 e. The van der Waals surface area contributed by atoms with Crippen LogP contribution in [0.2, 0.25) is 5.15 Å². The Morgan fingerprint density at radius 2 is 2.05 bits per heavy atom. The van der Waals surface area contributed by atoms with Crippen molar-refractivity contribution in [2.75, 3.05) is 11.9 Å². The van der Waals surface area contributed by atoms with Gasteiger partial charge in [0.05, 0.1) is 0 Å². The van der Waals surface area contributed by atoms with E-state index in [1.54, 1.807) is 0 Å². The Hall–Kier alpha value is -0.830. The van der Waals surface area contributed by atoms with Gasteiger partial charge in [-0.15, -0.1) is 0 Å². The van der Waals surface area contributed by atoms with Crippen molar-refractivity contribution in [2.45, 2.75) is 58.4 Å². The van der Waals surface area contributed by atoms with Gasteiger partial charge in [0.1, 0.15) is 16.8 Å². The summed E-state index contributed by atoms with van der Waals surface area (Å²) in [5.41, 5.74) is 0. The maximum absolute atomic E-state index is 6.13. The van der Waals surface area contributed by atoms with E-state index in [1.807, 2.05) is 6.07 Å². The SMILES string of the molecule is CC1CCCC(N(C)c2cc(Cl)nc(C(C)C)n2)C1. The quantitative estimate of drug-likeness (QED) is 0.775. The number of anilines is 1. The van der Waals surface area contributed by atoms with Crippen molar-refractivity contribution in [1.82, 2.24) is 9.97 Å². The van der Waals surface area contributed by atoms with Gasteiger partial charge in [-0.1, -0.05) is 45.2 Å². The van der Waals surface area contributed by atoms with E-state index in [1.165, 1.54) is 25.7 Å². The van der Waals surface area contributed by atoms with E-state index in [4.69, 9.17) is 11.6 Å². The maximum atomic E-state index is 6.13. The fraction of sp³-hybridized carbons (Fsp3) is 0.733. The molecule has 0 aromatic carbocycles. The zero-order valence-electron chi connectivity index (χ0n) is 12.4. The number of rotatable bonds is 3. The lowest BCUT2D eigenvalue weighted by Crippen LogP contribution is -2.36. The summed E-state index contributed by atoms with van der Waals surface area (Å²) in [6.07, 6.45) is 5.16. The maximum Gasteiger partial charge on any atom is 0.135 e. The highest BCUT2D eigenvalue weighted by Gasteiger charge is 2.24. The predicted molar refractivity (Wildman–Crippen MR) is 81.0 cm³/mol. The first-order valence-corrected chi connectivity index (χ1v) is 7.62. The van der Waals surface area contributed by atoms with Gasteiger partial charge in [0, 0.05) is 25.1 Å². The molecule has 2 atom stereocenters. The minimum atomic E-state index is 0.302. The Bertz CT molecular complexity index is 433. The summed E-state index contributed by atoms with van der Waals surface area (Å²) in [6.45, 7) is 6.53. The summed E-state index contributed by atoms with van der Waals surface area (Å²) >= 11 is 6.13. The van der Waals surface area contributed by atoms with Crippen LogP contribution in [0.5, 0.6) is 0 Å². The summed E-state index contributed by atoms with van der Waals surface area (Å²) in [7, 11) is 2.13. The standard InChI is InChI=1S/C15H24ClN3/c1-10(2)15-17-13(16)9-14(18-15)19(4)12-7-5-6-11(3)8-12/h9-12H,5-8H2,1-4H3. The number of aromatic nitrogens is 2. The van der Waals surface area contributed by atoms with E-state index >= 15 is 0 Å². The van der Waals surface area contributed by atoms with E-state index in [2.05, 4.69) is 42.7 Å². The van der Waals surface area contributed by atoms with Crippen LogP contribution in [0.15, 0.2) is 6.07 Å². The van der Waals surface area contributed by atoms with Crippen molar-refractivity contribution in [3.63, 3.8) is 0 Å². The van der Waals surface area contributed by atoms with Crippen LogP contribution < -0.4 is 4.90 Å². The highest BCUT2D eigenvalue weighted by atomic mass is 35.5. The lowest BCUT2D eigenvalue weighted by Gasteiger charge is -2.35. The zero-order chi connectivity index (χ0) is 14.0. The average Bonchev–Trinajstić information content (AvgIpc) is 2.37. The van der Waals surface area contributed by atoms with Crippen LogP contribution >= 0.6 is 11.6 Å². The normalized spacial score (nSPS) is 23.7. The van der Waals surface area contributed by atoms with Crippen molar-refractivity contribution in [3.8, 4) is 0 Å². The lowest BCUT2D eigenvalue weighted by atomic mass is 9.86. The van der Waals surface area contributed by atoms with Gasteiger partial charge in [0.25, 0.3) is 0 Å². The molecule has 19 heavy (non-hydrogen) atoms.